The first kappa shape index (κ1) is 15.0. The Hall–Kier alpha value is -0.0800. The van der Waals surface area contributed by atoms with Crippen LogP contribution in [0.4, 0.5) is 0 Å². The molecule has 1 aliphatic carbocycles. The van der Waals surface area contributed by atoms with Crippen LogP contribution >= 0.6 is 0 Å². The molecule has 0 aromatic heterocycles. The number of rotatable bonds is 7. The van der Waals surface area contributed by atoms with E-state index in [-0.39, 0.29) is 0 Å². The van der Waals surface area contributed by atoms with Gasteiger partial charge in [-0.15, -0.1) is 0 Å². The Balaban J connectivity index is 2.18. The van der Waals surface area contributed by atoms with Crippen LogP contribution in [0.1, 0.15) is 78.1 Å². The molecule has 0 aliphatic heterocycles. The first-order valence-corrected chi connectivity index (χ1v) is 7.62. The Kier molecular flexibility index (Phi) is 7.14. The van der Waals surface area contributed by atoms with Gasteiger partial charge in [0.05, 0.1) is 5.60 Å². The highest BCUT2D eigenvalue weighted by atomic mass is 16.3. The van der Waals surface area contributed by atoms with Crippen molar-refractivity contribution in [3.63, 3.8) is 0 Å². The topological polar surface area (TPSA) is 32.3 Å². The number of aliphatic hydroxyl groups is 1. The molecule has 0 radical (unpaired) electrons. The van der Waals surface area contributed by atoms with Crippen LogP contribution in [-0.4, -0.2) is 23.3 Å². The summed E-state index contributed by atoms with van der Waals surface area (Å²) in [6.07, 6.45) is 12.1. The predicted molar refractivity (Wildman–Crippen MR) is 74.3 cm³/mol. The minimum atomic E-state index is -0.421. The smallest absolute Gasteiger partial charge is 0.0771 e. The van der Waals surface area contributed by atoms with Gasteiger partial charge in [-0.1, -0.05) is 51.9 Å². The molecule has 1 aliphatic rings. The molecule has 0 saturated heterocycles. The Labute approximate surface area is 107 Å². The predicted octanol–water partition coefficient (Wildman–Crippen LogP) is 3.63. The van der Waals surface area contributed by atoms with E-state index in [0.717, 1.165) is 19.4 Å². The lowest BCUT2D eigenvalue weighted by molar-refractivity contribution is 0.0229. The van der Waals surface area contributed by atoms with Gasteiger partial charge in [-0.25, -0.2) is 0 Å². The van der Waals surface area contributed by atoms with Crippen molar-refractivity contribution in [1.82, 2.24) is 5.32 Å². The molecule has 0 heterocycles. The van der Waals surface area contributed by atoms with E-state index in [0.29, 0.717) is 6.04 Å². The normalized spacial score (nSPS) is 22.1. The van der Waals surface area contributed by atoms with Gasteiger partial charge in [0.1, 0.15) is 0 Å². The highest BCUT2D eigenvalue weighted by Crippen LogP contribution is 2.26. The third kappa shape index (κ3) is 6.42. The molecule has 1 unspecified atom stereocenters. The number of nitrogens with one attached hydrogen (secondary N) is 1. The second-order valence-electron chi connectivity index (χ2n) is 5.92. The summed E-state index contributed by atoms with van der Waals surface area (Å²) in [4.78, 5) is 0. The van der Waals surface area contributed by atoms with Crippen LogP contribution in [0.25, 0.3) is 0 Å². The van der Waals surface area contributed by atoms with Crippen molar-refractivity contribution in [3.05, 3.63) is 0 Å². The number of hydrogen-bond donors (Lipinski definition) is 2. The lowest BCUT2D eigenvalue weighted by Gasteiger charge is -2.28. The molecule has 2 heteroatoms. The second kappa shape index (κ2) is 8.10. The van der Waals surface area contributed by atoms with Crippen LogP contribution in [-0.2, 0) is 0 Å². The maximum atomic E-state index is 10.5. The van der Waals surface area contributed by atoms with E-state index in [1.807, 2.05) is 0 Å². The van der Waals surface area contributed by atoms with Crippen molar-refractivity contribution in [3.8, 4) is 0 Å². The van der Waals surface area contributed by atoms with Crippen molar-refractivity contribution < 1.29 is 5.11 Å². The maximum absolute atomic E-state index is 10.5. The molecular formula is C15H31NO. The van der Waals surface area contributed by atoms with E-state index in [1.54, 1.807) is 0 Å². The fourth-order valence-electron chi connectivity index (χ4n) is 2.73. The largest absolute Gasteiger partial charge is 0.389 e. The van der Waals surface area contributed by atoms with Crippen molar-refractivity contribution >= 4 is 0 Å². The quantitative estimate of drug-likeness (QED) is 0.527. The summed E-state index contributed by atoms with van der Waals surface area (Å²) in [6.45, 7) is 5.28. The monoisotopic (exact) mass is 241 g/mol. The standard InChI is InChI=1S/C15H31NO/c1-3-4-7-10-14(2)16-13-15(17)11-8-5-6-9-12-15/h14,16-17H,3-13H2,1-2H3. The molecule has 1 saturated carbocycles. The van der Waals surface area contributed by atoms with Gasteiger partial charge in [0.15, 0.2) is 0 Å². The molecule has 2 N–H and O–H groups in total. The number of hydrogen-bond acceptors (Lipinski definition) is 2. The molecule has 0 aromatic carbocycles. The first-order valence-electron chi connectivity index (χ1n) is 7.62. The van der Waals surface area contributed by atoms with E-state index in [4.69, 9.17) is 0 Å². The molecule has 17 heavy (non-hydrogen) atoms. The molecule has 1 atom stereocenters. The molecule has 0 bridgehead atoms. The van der Waals surface area contributed by atoms with Gasteiger partial charge in [-0.05, 0) is 26.2 Å². The molecule has 0 spiro atoms. The van der Waals surface area contributed by atoms with Crippen molar-refractivity contribution in [2.45, 2.75) is 89.7 Å². The average Bonchev–Trinajstić information content (AvgIpc) is 2.53. The van der Waals surface area contributed by atoms with E-state index in [1.165, 1.54) is 51.4 Å². The second-order valence-corrected chi connectivity index (χ2v) is 5.92. The van der Waals surface area contributed by atoms with Gasteiger partial charge < -0.3 is 10.4 Å². The van der Waals surface area contributed by atoms with Gasteiger partial charge in [0, 0.05) is 12.6 Å². The van der Waals surface area contributed by atoms with Crippen LogP contribution in [0.5, 0.6) is 0 Å². The summed E-state index contributed by atoms with van der Waals surface area (Å²) in [5, 5.41) is 14.0. The molecule has 1 rings (SSSR count). The van der Waals surface area contributed by atoms with Crippen LogP contribution in [0, 0.1) is 0 Å². The van der Waals surface area contributed by atoms with Crippen LogP contribution in [0.2, 0.25) is 0 Å². The summed E-state index contributed by atoms with van der Waals surface area (Å²) in [5.41, 5.74) is -0.421. The Morgan fingerprint density at radius 1 is 1.12 bits per heavy atom. The highest BCUT2D eigenvalue weighted by Gasteiger charge is 2.27. The fraction of sp³-hybridized carbons (Fsp3) is 1.00. The molecule has 0 amide bonds. The zero-order valence-corrected chi connectivity index (χ0v) is 11.8. The Morgan fingerprint density at radius 2 is 1.76 bits per heavy atom. The van der Waals surface area contributed by atoms with Gasteiger partial charge in [0.2, 0.25) is 0 Å². The maximum Gasteiger partial charge on any atom is 0.0771 e. The SMILES string of the molecule is CCCCCC(C)NCC1(O)CCCCCC1. The van der Waals surface area contributed by atoms with Gasteiger partial charge >= 0.3 is 0 Å². The van der Waals surface area contributed by atoms with Gasteiger partial charge in [-0.3, -0.25) is 0 Å². The van der Waals surface area contributed by atoms with Crippen LogP contribution < -0.4 is 5.32 Å². The zero-order chi connectivity index (χ0) is 12.6. The van der Waals surface area contributed by atoms with Gasteiger partial charge in [-0.2, -0.15) is 0 Å². The minimum absolute atomic E-state index is 0.421. The molecular weight excluding hydrogens is 210 g/mol. The first-order chi connectivity index (χ1) is 8.16. The summed E-state index contributed by atoms with van der Waals surface area (Å²) in [7, 11) is 0. The van der Waals surface area contributed by atoms with E-state index < -0.39 is 5.60 Å². The third-order valence-corrected chi connectivity index (χ3v) is 4.05. The summed E-state index contributed by atoms with van der Waals surface area (Å²) < 4.78 is 0. The van der Waals surface area contributed by atoms with Crippen LogP contribution in [0.3, 0.4) is 0 Å². The third-order valence-electron chi connectivity index (χ3n) is 4.05. The van der Waals surface area contributed by atoms with Crippen molar-refractivity contribution in [1.29, 1.82) is 0 Å². The Morgan fingerprint density at radius 3 is 2.35 bits per heavy atom. The molecule has 1 fully saturated rings. The average molecular weight is 241 g/mol. The van der Waals surface area contributed by atoms with Crippen molar-refractivity contribution in [2.24, 2.45) is 0 Å². The molecule has 102 valence electrons. The van der Waals surface area contributed by atoms with Crippen molar-refractivity contribution in [2.75, 3.05) is 6.54 Å². The zero-order valence-electron chi connectivity index (χ0n) is 11.8. The molecule has 2 nitrogen and oxygen atoms in total. The fourth-order valence-corrected chi connectivity index (χ4v) is 2.73. The minimum Gasteiger partial charge on any atom is -0.389 e. The Bertz CT molecular complexity index is 185. The summed E-state index contributed by atoms with van der Waals surface area (Å²) >= 11 is 0. The van der Waals surface area contributed by atoms with E-state index >= 15 is 0 Å². The van der Waals surface area contributed by atoms with E-state index in [2.05, 4.69) is 19.2 Å². The lowest BCUT2D eigenvalue weighted by atomic mass is 9.94. The summed E-state index contributed by atoms with van der Waals surface area (Å²) in [5.74, 6) is 0. The van der Waals surface area contributed by atoms with E-state index in [9.17, 15) is 5.11 Å². The highest BCUT2D eigenvalue weighted by molar-refractivity contribution is 4.84. The lowest BCUT2D eigenvalue weighted by Crippen LogP contribution is -2.43. The number of unbranched alkanes of at least 4 members (excludes halogenated alkanes) is 2. The van der Waals surface area contributed by atoms with Crippen LogP contribution in [0.15, 0.2) is 0 Å². The van der Waals surface area contributed by atoms with Gasteiger partial charge in [0.25, 0.3) is 0 Å². The molecule has 0 aromatic rings. The summed E-state index contributed by atoms with van der Waals surface area (Å²) in [6, 6.07) is 0.550.